The fourth-order valence-corrected chi connectivity index (χ4v) is 3.50. The summed E-state index contributed by atoms with van der Waals surface area (Å²) in [7, 11) is 0. The van der Waals surface area contributed by atoms with Crippen molar-refractivity contribution < 1.29 is 14.3 Å². The summed E-state index contributed by atoms with van der Waals surface area (Å²) in [6, 6.07) is 5.25. The van der Waals surface area contributed by atoms with Crippen LogP contribution in [0, 0.1) is 0 Å². The standard InChI is InChI=1S/C14H14ClN3O3S/c1-7-13(16-8(2)19)21-14(20)18(7)9-3-4-10-11(5-9)22-12(6-15)17-10/h3-5,7,13H,6H2,1-2H3,(H,16,19)/t7?,13-/m0/s1. The summed E-state index contributed by atoms with van der Waals surface area (Å²) in [6.07, 6.45) is -1.13. The van der Waals surface area contributed by atoms with E-state index in [9.17, 15) is 9.59 Å². The van der Waals surface area contributed by atoms with E-state index in [1.165, 1.54) is 23.2 Å². The number of amides is 2. The Hall–Kier alpha value is -1.86. The van der Waals surface area contributed by atoms with Crippen molar-refractivity contribution in [3.05, 3.63) is 23.2 Å². The van der Waals surface area contributed by atoms with Crippen LogP contribution >= 0.6 is 22.9 Å². The molecule has 0 spiro atoms. The zero-order chi connectivity index (χ0) is 15.9. The van der Waals surface area contributed by atoms with Crippen LogP contribution in [0.25, 0.3) is 10.2 Å². The number of rotatable bonds is 3. The Balaban J connectivity index is 1.92. The topological polar surface area (TPSA) is 71.5 Å². The van der Waals surface area contributed by atoms with Crippen LogP contribution in [0.1, 0.15) is 18.9 Å². The molecule has 1 saturated heterocycles. The number of ether oxygens (including phenoxy) is 1. The minimum absolute atomic E-state index is 0.240. The molecule has 8 heteroatoms. The van der Waals surface area contributed by atoms with Crippen molar-refractivity contribution in [2.75, 3.05) is 4.90 Å². The van der Waals surface area contributed by atoms with Crippen molar-refractivity contribution in [3.63, 3.8) is 0 Å². The molecule has 22 heavy (non-hydrogen) atoms. The first-order valence-electron chi connectivity index (χ1n) is 6.72. The molecule has 6 nitrogen and oxygen atoms in total. The Morgan fingerprint density at radius 3 is 3.00 bits per heavy atom. The Morgan fingerprint density at radius 1 is 1.55 bits per heavy atom. The number of nitrogens with zero attached hydrogens (tertiary/aromatic N) is 2. The van der Waals surface area contributed by atoms with Crippen LogP contribution < -0.4 is 10.2 Å². The van der Waals surface area contributed by atoms with E-state index in [2.05, 4.69) is 10.3 Å². The quantitative estimate of drug-likeness (QED) is 0.873. The third-order valence-corrected chi connectivity index (χ3v) is 4.85. The van der Waals surface area contributed by atoms with Gasteiger partial charge >= 0.3 is 6.09 Å². The maximum atomic E-state index is 12.1. The van der Waals surface area contributed by atoms with Crippen LogP contribution in [0.4, 0.5) is 10.5 Å². The second-order valence-corrected chi connectivity index (χ2v) is 6.39. The summed E-state index contributed by atoms with van der Waals surface area (Å²) >= 11 is 7.29. The minimum Gasteiger partial charge on any atom is -0.423 e. The summed E-state index contributed by atoms with van der Waals surface area (Å²) in [5.41, 5.74) is 1.56. The van der Waals surface area contributed by atoms with Gasteiger partial charge in [0.25, 0.3) is 0 Å². The first-order valence-corrected chi connectivity index (χ1v) is 8.07. The van der Waals surface area contributed by atoms with Gasteiger partial charge in [0.1, 0.15) is 5.01 Å². The van der Waals surface area contributed by atoms with Crippen LogP contribution in [-0.2, 0) is 15.4 Å². The number of thiazole rings is 1. The molecule has 1 N–H and O–H groups in total. The smallest absolute Gasteiger partial charge is 0.416 e. The number of alkyl halides is 1. The van der Waals surface area contributed by atoms with Crippen LogP contribution in [0.3, 0.4) is 0 Å². The average molecular weight is 340 g/mol. The number of carbonyl (C=O) groups excluding carboxylic acids is 2. The molecule has 1 fully saturated rings. The van der Waals surface area contributed by atoms with E-state index in [1.807, 2.05) is 25.1 Å². The molecule has 0 aliphatic carbocycles. The lowest BCUT2D eigenvalue weighted by Gasteiger charge is -2.20. The van der Waals surface area contributed by atoms with E-state index in [0.29, 0.717) is 11.6 Å². The highest BCUT2D eigenvalue weighted by Crippen LogP contribution is 2.31. The van der Waals surface area contributed by atoms with Crippen molar-refractivity contribution in [3.8, 4) is 0 Å². The Labute approximate surface area is 136 Å². The maximum absolute atomic E-state index is 12.1. The highest BCUT2D eigenvalue weighted by atomic mass is 35.5. The van der Waals surface area contributed by atoms with Crippen molar-refractivity contribution in [2.45, 2.75) is 32.0 Å². The molecule has 1 aliphatic rings. The van der Waals surface area contributed by atoms with Gasteiger partial charge in [0.05, 0.1) is 22.1 Å². The van der Waals surface area contributed by atoms with Gasteiger partial charge in [0.2, 0.25) is 5.91 Å². The molecule has 0 saturated carbocycles. The number of anilines is 1. The van der Waals surface area contributed by atoms with Crippen molar-refractivity contribution in [2.24, 2.45) is 0 Å². The van der Waals surface area contributed by atoms with Gasteiger partial charge in [-0.05, 0) is 25.1 Å². The predicted molar refractivity (Wildman–Crippen MR) is 85.2 cm³/mol. The normalized spacial score (nSPS) is 21.2. The minimum atomic E-state index is -0.652. The SMILES string of the molecule is CC(=O)N[C@H]1OC(=O)N(c2ccc3nc(CCl)sc3c2)C1C. The molecular formula is C14H14ClN3O3S. The van der Waals surface area contributed by atoms with E-state index in [4.69, 9.17) is 16.3 Å². The lowest BCUT2D eigenvalue weighted by molar-refractivity contribution is -0.121. The van der Waals surface area contributed by atoms with Crippen LogP contribution in [0.15, 0.2) is 18.2 Å². The van der Waals surface area contributed by atoms with Crippen LogP contribution in [-0.4, -0.2) is 29.3 Å². The van der Waals surface area contributed by atoms with Gasteiger partial charge in [-0.2, -0.15) is 0 Å². The number of benzene rings is 1. The lowest BCUT2D eigenvalue weighted by atomic mass is 10.2. The van der Waals surface area contributed by atoms with Gasteiger partial charge < -0.3 is 10.1 Å². The molecule has 1 aromatic carbocycles. The number of hydrogen-bond donors (Lipinski definition) is 1. The Bertz CT molecular complexity index is 748. The molecule has 3 rings (SSSR count). The molecule has 1 aliphatic heterocycles. The number of cyclic esters (lactones) is 1. The van der Waals surface area contributed by atoms with Gasteiger partial charge in [-0.15, -0.1) is 22.9 Å². The molecule has 2 aromatic rings. The fraction of sp³-hybridized carbons (Fsp3) is 0.357. The fourth-order valence-electron chi connectivity index (χ4n) is 2.42. The molecule has 0 radical (unpaired) electrons. The van der Waals surface area contributed by atoms with Gasteiger partial charge in [-0.3, -0.25) is 9.69 Å². The number of carbonyl (C=O) groups is 2. The van der Waals surface area contributed by atoms with E-state index in [0.717, 1.165) is 15.2 Å². The van der Waals surface area contributed by atoms with Gasteiger partial charge in [0.15, 0.2) is 6.23 Å². The predicted octanol–water partition coefficient (Wildman–Crippen LogP) is 2.84. The van der Waals surface area contributed by atoms with Crippen LogP contribution in [0.5, 0.6) is 0 Å². The first-order chi connectivity index (χ1) is 10.5. The molecule has 116 valence electrons. The molecule has 2 atom stereocenters. The lowest BCUT2D eigenvalue weighted by Crippen LogP contribution is -2.43. The molecule has 1 unspecified atom stereocenters. The third-order valence-electron chi connectivity index (χ3n) is 3.42. The molecule has 0 bridgehead atoms. The molecule has 2 heterocycles. The Morgan fingerprint density at radius 2 is 2.32 bits per heavy atom. The Kier molecular flexibility index (Phi) is 3.92. The summed E-state index contributed by atoms with van der Waals surface area (Å²) < 4.78 is 6.17. The summed E-state index contributed by atoms with van der Waals surface area (Å²) in [5.74, 6) is 0.123. The van der Waals surface area contributed by atoms with Gasteiger partial charge in [0, 0.05) is 12.6 Å². The highest BCUT2D eigenvalue weighted by molar-refractivity contribution is 7.18. The van der Waals surface area contributed by atoms with E-state index >= 15 is 0 Å². The number of halogens is 1. The highest BCUT2D eigenvalue weighted by Gasteiger charge is 2.40. The van der Waals surface area contributed by atoms with Crippen molar-refractivity contribution in [1.29, 1.82) is 0 Å². The van der Waals surface area contributed by atoms with E-state index in [-0.39, 0.29) is 11.9 Å². The van der Waals surface area contributed by atoms with Gasteiger partial charge in [-0.25, -0.2) is 9.78 Å². The van der Waals surface area contributed by atoms with E-state index in [1.54, 1.807) is 0 Å². The third kappa shape index (κ3) is 2.62. The molecular weight excluding hydrogens is 326 g/mol. The second-order valence-electron chi connectivity index (χ2n) is 5.01. The summed E-state index contributed by atoms with van der Waals surface area (Å²) in [5, 5.41) is 3.46. The molecule has 2 amide bonds. The van der Waals surface area contributed by atoms with Crippen molar-refractivity contribution in [1.82, 2.24) is 10.3 Å². The van der Waals surface area contributed by atoms with E-state index < -0.39 is 12.3 Å². The van der Waals surface area contributed by atoms with Gasteiger partial charge in [-0.1, -0.05) is 0 Å². The zero-order valence-corrected chi connectivity index (χ0v) is 13.6. The second kappa shape index (κ2) is 5.73. The average Bonchev–Trinajstić information content (AvgIpc) is 2.99. The number of fused-ring (bicyclic) bond motifs is 1. The summed E-state index contributed by atoms with van der Waals surface area (Å²) in [6.45, 7) is 3.22. The zero-order valence-electron chi connectivity index (χ0n) is 12.0. The number of hydrogen-bond acceptors (Lipinski definition) is 5. The summed E-state index contributed by atoms with van der Waals surface area (Å²) in [4.78, 5) is 29.2. The molecule has 1 aromatic heterocycles. The largest absolute Gasteiger partial charge is 0.423 e. The maximum Gasteiger partial charge on any atom is 0.416 e. The number of aromatic nitrogens is 1. The van der Waals surface area contributed by atoms with Crippen LogP contribution in [0.2, 0.25) is 0 Å². The first kappa shape index (κ1) is 15.1. The van der Waals surface area contributed by atoms with Crippen molar-refractivity contribution >= 4 is 50.8 Å². The monoisotopic (exact) mass is 339 g/mol. The number of nitrogens with one attached hydrogen (secondary N) is 1.